The van der Waals surface area contributed by atoms with Gasteiger partial charge in [0.2, 0.25) is 5.91 Å². The third-order valence-electron chi connectivity index (χ3n) is 7.04. The van der Waals surface area contributed by atoms with E-state index in [1.807, 2.05) is 0 Å². The third kappa shape index (κ3) is 4.71. The first-order chi connectivity index (χ1) is 17.3. The molecule has 1 aromatic heterocycles. The van der Waals surface area contributed by atoms with Crippen LogP contribution < -0.4 is 15.5 Å². The number of halogens is 1. The number of carbonyl (C=O) groups is 2. The van der Waals surface area contributed by atoms with Gasteiger partial charge in [-0.25, -0.2) is 9.37 Å². The lowest BCUT2D eigenvalue weighted by Crippen LogP contribution is -2.42. The summed E-state index contributed by atoms with van der Waals surface area (Å²) in [6, 6.07) is 9.97. The quantitative estimate of drug-likeness (QED) is 0.489. The molecule has 1 saturated heterocycles. The van der Waals surface area contributed by atoms with Gasteiger partial charge in [0.25, 0.3) is 5.91 Å². The highest BCUT2D eigenvalue weighted by Gasteiger charge is 2.54. The lowest BCUT2D eigenvalue weighted by Gasteiger charge is -2.36. The van der Waals surface area contributed by atoms with Crippen LogP contribution in [0.4, 0.5) is 10.1 Å². The molecule has 1 aliphatic heterocycles. The van der Waals surface area contributed by atoms with Gasteiger partial charge in [-0.15, -0.1) is 0 Å². The molecule has 9 heteroatoms. The lowest BCUT2D eigenvalue weighted by atomic mass is 9.65. The van der Waals surface area contributed by atoms with E-state index in [-0.39, 0.29) is 24.1 Å². The molecule has 1 atom stereocenters. The number of rotatable bonds is 8. The highest BCUT2D eigenvalue weighted by Crippen LogP contribution is 2.49. The van der Waals surface area contributed by atoms with Crippen molar-refractivity contribution in [1.82, 2.24) is 15.6 Å². The van der Waals surface area contributed by atoms with Crippen LogP contribution in [-0.4, -0.2) is 36.6 Å². The van der Waals surface area contributed by atoms with E-state index in [9.17, 15) is 19.2 Å². The summed E-state index contributed by atoms with van der Waals surface area (Å²) in [6.07, 6.45) is 6.03. The first kappa shape index (κ1) is 25.0. The Morgan fingerprint density at radius 3 is 2.75 bits per heavy atom. The molecule has 8 nitrogen and oxygen atoms in total. The lowest BCUT2D eigenvalue weighted by molar-refractivity contribution is -0.126. The SMILES string of the molecule is CN/C=C(\C=N)c1cc(F)cc(CNC(=O)c2cc(N3CCC(C#N)(C4CCC4)C3=O)cc(C)n2)c1. The number of anilines is 1. The summed E-state index contributed by atoms with van der Waals surface area (Å²) in [7, 11) is 1.69. The Hall–Kier alpha value is -4.06. The van der Waals surface area contributed by atoms with Gasteiger partial charge in [-0.1, -0.05) is 6.42 Å². The molecular formula is C27H29FN6O2. The van der Waals surface area contributed by atoms with Crippen molar-refractivity contribution in [2.24, 2.45) is 11.3 Å². The van der Waals surface area contributed by atoms with Gasteiger partial charge in [-0.3, -0.25) is 9.59 Å². The summed E-state index contributed by atoms with van der Waals surface area (Å²) in [5.41, 5.74) is 1.83. The molecule has 1 unspecified atom stereocenters. The van der Waals surface area contributed by atoms with E-state index in [2.05, 4.69) is 21.7 Å². The Morgan fingerprint density at radius 1 is 1.33 bits per heavy atom. The zero-order chi connectivity index (χ0) is 25.9. The van der Waals surface area contributed by atoms with Crippen LogP contribution in [0, 0.1) is 40.8 Å². The zero-order valence-electron chi connectivity index (χ0n) is 20.4. The normalized spacial score (nSPS) is 20.0. The van der Waals surface area contributed by atoms with Gasteiger partial charge in [-0.2, -0.15) is 5.26 Å². The van der Waals surface area contributed by atoms with E-state index in [4.69, 9.17) is 5.41 Å². The van der Waals surface area contributed by atoms with Crippen LogP contribution in [-0.2, 0) is 11.3 Å². The number of aryl methyl sites for hydroxylation is 1. The molecule has 2 aliphatic rings. The maximum absolute atomic E-state index is 14.2. The molecule has 0 radical (unpaired) electrons. The fourth-order valence-electron chi connectivity index (χ4n) is 4.94. The first-order valence-corrected chi connectivity index (χ1v) is 12.0. The van der Waals surface area contributed by atoms with Gasteiger partial charge >= 0.3 is 0 Å². The van der Waals surface area contributed by atoms with Gasteiger partial charge < -0.3 is 20.9 Å². The Balaban J connectivity index is 1.51. The van der Waals surface area contributed by atoms with Crippen LogP contribution in [0.15, 0.2) is 36.5 Å². The Morgan fingerprint density at radius 2 is 2.11 bits per heavy atom. The molecule has 1 aliphatic carbocycles. The molecule has 2 heterocycles. The predicted molar refractivity (Wildman–Crippen MR) is 135 cm³/mol. The van der Waals surface area contributed by atoms with Gasteiger partial charge in [0, 0.05) is 49.5 Å². The number of hydrogen-bond donors (Lipinski definition) is 3. The van der Waals surface area contributed by atoms with Crippen molar-refractivity contribution in [2.75, 3.05) is 18.5 Å². The monoisotopic (exact) mass is 488 g/mol. The molecule has 3 N–H and O–H groups in total. The average Bonchev–Trinajstić information content (AvgIpc) is 3.15. The van der Waals surface area contributed by atoms with Crippen LogP contribution in [0.2, 0.25) is 0 Å². The Labute approximate surface area is 209 Å². The van der Waals surface area contributed by atoms with Crippen molar-refractivity contribution in [3.8, 4) is 6.07 Å². The molecule has 0 spiro atoms. The van der Waals surface area contributed by atoms with Crippen molar-refractivity contribution in [2.45, 2.75) is 39.2 Å². The third-order valence-corrected chi connectivity index (χ3v) is 7.04. The molecule has 2 aromatic rings. The van der Waals surface area contributed by atoms with E-state index in [0.717, 1.165) is 25.5 Å². The number of benzene rings is 1. The number of pyridine rings is 1. The van der Waals surface area contributed by atoms with Crippen molar-refractivity contribution < 1.29 is 14.0 Å². The summed E-state index contributed by atoms with van der Waals surface area (Å²) in [6.45, 7) is 2.23. The largest absolute Gasteiger partial charge is 0.393 e. The maximum atomic E-state index is 14.2. The van der Waals surface area contributed by atoms with Gasteiger partial charge in [0.15, 0.2) is 0 Å². The highest BCUT2D eigenvalue weighted by atomic mass is 19.1. The molecule has 36 heavy (non-hydrogen) atoms. The number of nitrogens with zero attached hydrogens (tertiary/aromatic N) is 3. The van der Waals surface area contributed by atoms with Gasteiger partial charge in [-0.05, 0) is 73.6 Å². The Kier molecular flexibility index (Phi) is 7.15. The zero-order valence-corrected chi connectivity index (χ0v) is 20.4. The first-order valence-electron chi connectivity index (χ1n) is 12.0. The van der Waals surface area contributed by atoms with E-state index in [1.54, 1.807) is 43.3 Å². The smallest absolute Gasteiger partial charge is 0.270 e. The molecular weight excluding hydrogens is 459 g/mol. The van der Waals surface area contributed by atoms with Crippen molar-refractivity contribution in [3.63, 3.8) is 0 Å². The second-order valence-electron chi connectivity index (χ2n) is 9.33. The number of allylic oxidation sites excluding steroid dienone is 1. The molecule has 186 valence electrons. The minimum atomic E-state index is -0.982. The molecule has 1 saturated carbocycles. The van der Waals surface area contributed by atoms with Crippen molar-refractivity contribution in [3.05, 3.63) is 64.9 Å². The standard InChI is InChI=1S/C27H29FN6O2/c1-17-8-23(34-7-6-27(16-30,26(34)36)21-4-3-5-21)12-24(33-17)25(35)32-14-18-9-19(11-22(28)10-18)20(13-29)15-31-2/h8-13,15,21,29,31H,3-7,14H2,1-2H3,(H,32,35)/b20-15+,29-13?. The predicted octanol–water partition coefficient (Wildman–Crippen LogP) is 3.72. The van der Waals surface area contributed by atoms with Gasteiger partial charge in [0.05, 0.1) is 6.07 Å². The van der Waals surface area contributed by atoms with Crippen LogP contribution in [0.3, 0.4) is 0 Å². The fourth-order valence-corrected chi connectivity index (χ4v) is 4.94. The number of aromatic nitrogens is 1. The molecule has 4 rings (SSSR count). The fraction of sp³-hybridized carbons (Fsp3) is 0.370. The number of hydrogen-bond acceptors (Lipinski definition) is 6. The van der Waals surface area contributed by atoms with Crippen LogP contribution in [0.25, 0.3) is 5.57 Å². The molecule has 2 fully saturated rings. The van der Waals surface area contributed by atoms with E-state index in [1.165, 1.54) is 12.1 Å². The van der Waals surface area contributed by atoms with Crippen molar-refractivity contribution >= 4 is 29.3 Å². The number of nitriles is 1. The number of carbonyl (C=O) groups excluding carboxylic acids is 2. The Bertz CT molecular complexity index is 1280. The minimum absolute atomic E-state index is 0.0568. The van der Waals surface area contributed by atoms with Crippen LogP contribution in [0.1, 0.15) is 53.0 Å². The highest BCUT2D eigenvalue weighted by molar-refractivity contribution is 6.08. The van der Waals surface area contributed by atoms with Crippen LogP contribution >= 0.6 is 0 Å². The second-order valence-corrected chi connectivity index (χ2v) is 9.33. The topological polar surface area (TPSA) is 122 Å². The van der Waals surface area contributed by atoms with E-state index < -0.39 is 17.1 Å². The summed E-state index contributed by atoms with van der Waals surface area (Å²) in [4.78, 5) is 32.2. The molecule has 0 bridgehead atoms. The minimum Gasteiger partial charge on any atom is -0.393 e. The van der Waals surface area contributed by atoms with Crippen molar-refractivity contribution in [1.29, 1.82) is 10.7 Å². The summed E-state index contributed by atoms with van der Waals surface area (Å²) in [5, 5.41) is 23.0. The average molecular weight is 489 g/mol. The molecule has 1 aromatic carbocycles. The molecule has 2 amide bonds. The van der Waals surface area contributed by atoms with E-state index >= 15 is 0 Å². The van der Waals surface area contributed by atoms with Crippen LogP contribution in [0.5, 0.6) is 0 Å². The number of nitrogens with one attached hydrogen (secondary N) is 3. The summed E-state index contributed by atoms with van der Waals surface area (Å²) in [5.74, 6) is -1.04. The number of amides is 2. The summed E-state index contributed by atoms with van der Waals surface area (Å²) < 4.78 is 14.2. The maximum Gasteiger partial charge on any atom is 0.270 e. The summed E-state index contributed by atoms with van der Waals surface area (Å²) >= 11 is 0. The van der Waals surface area contributed by atoms with Gasteiger partial charge in [0.1, 0.15) is 16.9 Å². The van der Waals surface area contributed by atoms with E-state index in [0.29, 0.717) is 41.0 Å². The second kappa shape index (κ2) is 10.3.